The molecule has 1 aromatic heterocycles. The van der Waals surface area contributed by atoms with E-state index in [9.17, 15) is 13.6 Å². The van der Waals surface area contributed by atoms with Crippen LogP contribution in [0.2, 0.25) is 0 Å². The van der Waals surface area contributed by atoms with Crippen molar-refractivity contribution in [2.24, 2.45) is 0 Å². The molecule has 0 aliphatic heterocycles. The smallest absolute Gasteiger partial charge is 0.203 e. The lowest BCUT2D eigenvalue weighted by Gasteiger charge is -2.18. The van der Waals surface area contributed by atoms with Crippen LogP contribution >= 0.6 is 0 Å². The predicted molar refractivity (Wildman–Crippen MR) is 73.7 cm³/mol. The molecule has 1 heterocycles. The fourth-order valence-corrected chi connectivity index (χ4v) is 2.00. The van der Waals surface area contributed by atoms with Crippen LogP contribution in [0.25, 0.3) is 0 Å². The van der Waals surface area contributed by atoms with E-state index in [4.69, 9.17) is 0 Å². The Kier molecular flexibility index (Phi) is 4.27. The van der Waals surface area contributed by atoms with E-state index in [0.717, 1.165) is 11.6 Å². The highest BCUT2D eigenvalue weighted by Gasteiger charge is 2.18. The van der Waals surface area contributed by atoms with Crippen LogP contribution in [0.1, 0.15) is 32.0 Å². The van der Waals surface area contributed by atoms with Crippen molar-refractivity contribution in [3.05, 3.63) is 63.6 Å². The number of nitrogens with zero attached hydrogens (tertiary/aromatic N) is 2. The molecule has 1 aromatic rings. The molecule has 0 radical (unpaired) electrons. The first kappa shape index (κ1) is 14.4. The summed E-state index contributed by atoms with van der Waals surface area (Å²) in [5, 5.41) is 4.21. The fraction of sp³-hybridized carbons (Fsp3) is 0.333. The average molecular weight is 278 g/mol. The highest BCUT2D eigenvalue weighted by atomic mass is 19.1. The van der Waals surface area contributed by atoms with E-state index < -0.39 is 17.7 Å². The minimum Gasteiger partial charge on any atom is -0.288 e. The first-order valence-corrected chi connectivity index (χ1v) is 6.43. The Balaban J connectivity index is 2.33. The van der Waals surface area contributed by atoms with Crippen molar-refractivity contribution in [2.45, 2.75) is 32.7 Å². The van der Waals surface area contributed by atoms with E-state index >= 15 is 0 Å². The maximum Gasteiger partial charge on any atom is 0.203 e. The zero-order valence-electron chi connectivity index (χ0n) is 11.4. The van der Waals surface area contributed by atoms with Crippen molar-refractivity contribution in [3.8, 4) is 0 Å². The molecule has 106 valence electrons. The molecule has 3 nitrogen and oxygen atoms in total. The molecule has 0 fully saturated rings. The summed E-state index contributed by atoms with van der Waals surface area (Å²) >= 11 is 0. The molecule has 1 aliphatic carbocycles. The third kappa shape index (κ3) is 3.29. The van der Waals surface area contributed by atoms with Crippen molar-refractivity contribution in [3.63, 3.8) is 0 Å². The van der Waals surface area contributed by atoms with Crippen LogP contribution in [0.15, 0.2) is 52.5 Å². The predicted octanol–water partition coefficient (Wildman–Crippen LogP) is 3.40. The molecule has 2 rings (SSSR count). The maximum atomic E-state index is 13.3. The second-order valence-corrected chi connectivity index (χ2v) is 4.83. The van der Waals surface area contributed by atoms with Gasteiger partial charge in [0.2, 0.25) is 5.43 Å². The summed E-state index contributed by atoms with van der Waals surface area (Å²) in [6, 6.07) is 0.845. The highest BCUT2D eigenvalue weighted by Crippen LogP contribution is 2.27. The van der Waals surface area contributed by atoms with Crippen LogP contribution in [0, 0.1) is 0 Å². The third-order valence-corrected chi connectivity index (χ3v) is 3.23. The Morgan fingerprint density at radius 3 is 2.95 bits per heavy atom. The fourth-order valence-electron chi connectivity index (χ4n) is 2.00. The molecular formula is C15H16F2N2O. The third-order valence-electron chi connectivity index (χ3n) is 3.23. The van der Waals surface area contributed by atoms with E-state index in [1.54, 1.807) is 0 Å². The summed E-state index contributed by atoms with van der Waals surface area (Å²) in [5.74, 6) is -1.15. The van der Waals surface area contributed by atoms with Crippen molar-refractivity contribution in [2.75, 3.05) is 0 Å². The average Bonchev–Trinajstić information content (AvgIpc) is 2.40. The van der Waals surface area contributed by atoms with Gasteiger partial charge in [0.25, 0.3) is 0 Å². The summed E-state index contributed by atoms with van der Waals surface area (Å²) in [6.07, 6.45) is 6.01. The van der Waals surface area contributed by atoms with Crippen molar-refractivity contribution in [1.82, 2.24) is 9.78 Å². The first-order chi connectivity index (χ1) is 9.49. The normalized spacial score (nSPS) is 19.6. The standard InChI is InChI=1S/C15H16F2N2O/c1-3-10(2)6-14-15(20)4-5-19(18-14)13-8-11(16)7-12(17)9-13/h3-5,7-8,13H,6,9H2,1-2H3/b10-3+. The number of halogens is 2. The topological polar surface area (TPSA) is 34.9 Å². The summed E-state index contributed by atoms with van der Waals surface area (Å²) in [7, 11) is 0. The number of hydrogen-bond acceptors (Lipinski definition) is 2. The summed E-state index contributed by atoms with van der Waals surface area (Å²) in [4.78, 5) is 11.8. The molecule has 20 heavy (non-hydrogen) atoms. The molecule has 0 amide bonds. The van der Waals surface area contributed by atoms with Gasteiger partial charge in [0.1, 0.15) is 17.3 Å². The molecule has 1 unspecified atom stereocenters. The van der Waals surface area contributed by atoms with Gasteiger partial charge < -0.3 is 0 Å². The van der Waals surface area contributed by atoms with Crippen LogP contribution in [0.3, 0.4) is 0 Å². The van der Waals surface area contributed by atoms with Gasteiger partial charge in [0.15, 0.2) is 0 Å². The van der Waals surface area contributed by atoms with E-state index in [1.165, 1.54) is 23.0 Å². The summed E-state index contributed by atoms with van der Waals surface area (Å²) < 4.78 is 28.0. The van der Waals surface area contributed by atoms with Crippen LogP contribution in [-0.4, -0.2) is 9.78 Å². The van der Waals surface area contributed by atoms with Gasteiger partial charge in [0, 0.05) is 31.2 Å². The lowest BCUT2D eigenvalue weighted by molar-refractivity contribution is 0.441. The molecule has 0 bridgehead atoms. The molecule has 5 heteroatoms. The molecule has 1 aliphatic rings. The number of allylic oxidation sites excluding steroid dienone is 6. The SMILES string of the molecule is C/C=C(\C)Cc1nn(C2C=C(F)C=C(F)C2)ccc1=O. The first-order valence-electron chi connectivity index (χ1n) is 6.43. The van der Waals surface area contributed by atoms with Gasteiger partial charge in [-0.3, -0.25) is 9.48 Å². The van der Waals surface area contributed by atoms with Gasteiger partial charge in [-0.05, 0) is 19.9 Å². The zero-order valence-corrected chi connectivity index (χ0v) is 11.4. The number of rotatable bonds is 3. The second-order valence-electron chi connectivity index (χ2n) is 4.83. The Morgan fingerprint density at radius 2 is 2.30 bits per heavy atom. The molecule has 0 spiro atoms. The minimum absolute atomic E-state index is 0.0470. The zero-order chi connectivity index (χ0) is 14.7. The van der Waals surface area contributed by atoms with Crippen LogP contribution < -0.4 is 5.43 Å². The lowest BCUT2D eigenvalue weighted by atomic mass is 10.1. The van der Waals surface area contributed by atoms with Crippen molar-refractivity contribution in [1.29, 1.82) is 0 Å². The van der Waals surface area contributed by atoms with Gasteiger partial charge in [-0.2, -0.15) is 5.10 Å². The summed E-state index contributed by atoms with van der Waals surface area (Å²) in [6.45, 7) is 3.79. The quantitative estimate of drug-likeness (QED) is 0.794. The molecule has 0 saturated carbocycles. The summed E-state index contributed by atoms with van der Waals surface area (Å²) in [5.41, 5.74) is 1.23. The Hall–Kier alpha value is -2.04. The molecular weight excluding hydrogens is 262 g/mol. The minimum atomic E-state index is -0.620. The van der Waals surface area contributed by atoms with Gasteiger partial charge in [-0.1, -0.05) is 11.6 Å². The van der Waals surface area contributed by atoms with Gasteiger partial charge in [0.05, 0.1) is 6.04 Å². The van der Waals surface area contributed by atoms with Gasteiger partial charge in [-0.25, -0.2) is 8.78 Å². The monoisotopic (exact) mass is 278 g/mol. The second kappa shape index (κ2) is 5.94. The largest absolute Gasteiger partial charge is 0.288 e. The van der Waals surface area contributed by atoms with E-state index in [-0.39, 0.29) is 11.8 Å². The highest BCUT2D eigenvalue weighted by molar-refractivity contribution is 5.22. The molecule has 0 N–H and O–H groups in total. The van der Waals surface area contributed by atoms with Crippen LogP contribution in [-0.2, 0) is 6.42 Å². The molecule has 0 saturated heterocycles. The van der Waals surface area contributed by atoms with Gasteiger partial charge >= 0.3 is 0 Å². The Morgan fingerprint density at radius 1 is 1.55 bits per heavy atom. The lowest BCUT2D eigenvalue weighted by Crippen LogP contribution is -2.20. The Bertz CT molecular complexity index is 656. The molecule has 1 atom stereocenters. The molecule has 0 aromatic carbocycles. The van der Waals surface area contributed by atoms with Gasteiger partial charge in [-0.15, -0.1) is 0 Å². The van der Waals surface area contributed by atoms with Crippen LogP contribution in [0.5, 0.6) is 0 Å². The Labute approximate surface area is 115 Å². The van der Waals surface area contributed by atoms with E-state index in [1.807, 2.05) is 19.9 Å². The van der Waals surface area contributed by atoms with Crippen molar-refractivity contribution >= 4 is 0 Å². The van der Waals surface area contributed by atoms with Crippen molar-refractivity contribution < 1.29 is 8.78 Å². The maximum absolute atomic E-state index is 13.3. The number of aromatic nitrogens is 2. The van der Waals surface area contributed by atoms with E-state index in [2.05, 4.69) is 5.10 Å². The van der Waals surface area contributed by atoms with Crippen LogP contribution in [0.4, 0.5) is 8.78 Å². The van der Waals surface area contributed by atoms with E-state index in [0.29, 0.717) is 12.1 Å². The number of hydrogen-bond donors (Lipinski definition) is 0.